The van der Waals surface area contributed by atoms with Crippen LogP contribution in [0.3, 0.4) is 0 Å². The highest BCUT2D eigenvalue weighted by molar-refractivity contribution is 7.19. The van der Waals surface area contributed by atoms with Crippen molar-refractivity contribution in [2.24, 2.45) is 0 Å². The predicted octanol–water partition coefficient (Wildman–Crippen LogP) is 9.07. The zero-order chi connectivity index (χ0) is 17.9. The first kappa shape index (κ1) is 24.4. The first-order chi connectivity index (χ1) is 11.7. The quantitative estimate of drug-likeness (QED) is 0.160. The standard InChI is InChI=1S/C23H49P/c1-4-7-10-13-15-18-21-23(24,20-17-12-9-6-3)22-19-16-14-11-8-5-2/h4-22,24H2,1-3H3. The van der Waals surface area contributed by atoms with Crippen molar-refractivity contribution in [3.8, 4) is 0 Å². The van der Waals surface area contributed by atoms with Crippen molar-refractivity contribution in [2.75, 3.05) is 0 Å². The Hall–Kier alpha value is 0.430. The van der Waals surface area contributed by atoms with Crippen LogP contribution in [0.5, 0.6) is 0 Å². The summed E-state index contributed by atoms with van der Waals surface area (Å²) in [5.41, 5.74) is 0. The fourth-order valence-electron chi connectivity index (χ4n) is 3.79. The van der Waals surface area contributed by atoms with E-state index in [1.54, 1.807) is 0 Å². The van der Waals surface area contributed by atoms with E-state index in [4.69, 9.17) is 0 Å². The molecule has 0 N–H and O–H groups in total. The van der Waals surface area contributed by atoms with E-state index in [2.05, 4.69) is 30.0 Å². The van der Waals surface area contributed by atoms with E-state index in [0.29, 0.717) is 5.16 Å². The van der Waals surface area contributed by atoms with Crippen LogP contribution in [0.2, 0.25) is 0 Å². The second-order valence-corrected chi connectivity index (χ2v) is 9.43. The second kappa shape index (κ2) is 18.2. The van der Waals surface area contributed by atoms with Crippen LogP contribution in [0.25, 0.3) is 0 Å². The Morgan fingerprint density at radius 1 is 0.417 bits per heavy atom. The Labute approximate surface area is 157 Å². The molecular weight excluding hydrogens is 307 g/mol. The fraction of sp³-hybridized carbons (Fsp3) is 1.00. The van der Waals surface area contributed by atoms with Crippen molar-refractivity contribution in [3.63, 3.8) is 0 Å². The normalized spacial score (nSPS) is 12.0. The van der Waals surface area contributed by atoms with Crippen molar-refractivity contribution < 1.29 is 0 Å². The monoisotopic (exact) mass is 356 g/mol. The van der Waals surface area contributed by atoms with Gasteiger partial charge in [-0.15, -0.1) is 9.24 Å². The maximum atomic E-state index is 3.32. The van der Waals surface area contributed by atoms with Gasteiger partial charge in [-0.25, -0.2) is 0 Å². The second-order valence-electron chi connectivity index (χ2n) is 8.21. The molecule has 0 saturated heterocycles. The van der Waals surface area contributed by atoms with E-state index in [1.165, 1.54) is 122 Å². The van der Waals surface area contributed by atoms with Crippen LogP contribution in [-0.2, 0) is 0 Å². The van der Waals surface area contributed by atoms with Gasteiger partial charge in [0.05, 0.1) is 0 Å². The minimum absolute atomic E-state index is 0.559. The van der Waals surface area contributed by atoms with Gasteiger partial charge in [0.1, 0.15) is 0 Å². The molecule has 0 aromatic carbocycles. The molecule has 0 fully saturated rings. The Balaban J connectivity index is 3.98. The van der Waals surface area contributed by atoms with E-state index >= 15 is 0 Å². The topological polar surface area (TPSA) is 0 Å². The molecule has 0 aromatic rings. The van der Waals surface area contributed by atoms with Crippen LogP contribution in [-0.4, -0.2) is 5.16 Å². The Kier molecular flexibility index (Phi) is 18.6. The molecular formula is C23H49P. The van der Waals surface area contributed by atoms with Crippen molar-refractivity contribution in [2.45, 2.75) is 148 Å². The molecule has 0 heterocycles. The lowest BCUT2D eigenvalue weighted by Crippen LogP contribution is -2.20. The van der Waals surface area contributed by atoms with E-state index in [1.807, 2.05) is 0 Å². The van der Waals surface area contributed by atoms with Gasteiger partial charge < -0.3 is 0 Å². The molecule has 0 saturated carbocycles. The lowest BCUT2D eigenvalue weighted by atomic mass is 9.88. The van der Waals surface area contributed by atoms with Gasteiger partial charge in [-0.2, -0.15) is 0 Å². The highest BCUT2D eigenvalue weighted by atomic mass is 31.0. The number of hydrogen-bond acceptors (Lipinski definition) is 0. The molecule has 0 rings (SSSR count). The maximum absolute atomic E-state index is 3.32. The van der Waals surface area contributed by atoms with Crippen molar-refractivity contribution in [1.29, 1.82) is 0 Å². The first-order valence-electron chi connectivity index (χ1n) is 11.5. The zero-order valence-corrected chi connectivity index (χ0v) is 18.7. The minimum atomic E-state index is 0.559. The van der Waals surface area contributed by atoms with E-state index < -0.39 is 0 Å². The molecule has 0 aliphatic rings. The Morgan fingerprint density at radius 2 is 0.667 bits per heavy atom. The average Bonchev–Trinajstić information content (AvgIpc) is 2.58. The molecule has 1 heteroatoms. The van der Waals surface area contributed by atoms with Gasteiger partial charge in [0.25, 0.3) is 0 Å². The van der Waals surface area contributed by atoms with Gasteiger partial charge in [0.15, 0.2) is 0 Å². The summed E-state index contributed by atoms with van der Waals surface area (Å²) < 4.78 is 0. The third-order valence-corrected chi connectivity index (χ3v) is 6.45. The average molecular weight is 357 g/mol. The van der Waals surface area contributed by atoms with E-state index in [9.17, 15) is 0 Å². The van der Waals surface area contributed by atoms with Crippen molar-refractivity contribution in [1.82, 2.24) is 0 Å². The van der Waals surface area contributed by atoms with Crippen LogP contribution in [0.15, 0.2) is 0 Å². The van der Waals surface area contributed by atoms with Gasteiger partial charge in [-0.05, 0) is 24.4 Å². The summed E-state index contributed by atoms with van der Waals surface area (Å²) in [5, 5.41) is 0.559. The lowest BCUT2D eigenvalue weighted by molar-refractivity contribution is 0.404. The van der Waals surface area contributed by atoms with E-state index in [-0.39, 0.29) is 0 Å². The highest BCUT2D eigenvalue weighted by Crippen LogP contribution is 2.37. The van der Waals surface area contributed by atoms with E-state index in [0.717, 1.165) is 0 Å². The first-order valence-corrected chi connectivity index (χ1v) is 12.0. The summed E-state index contributed by atoms with van der Waals surface area (Å²) in [6, 6.07) is 0. The summed E-state index contributed by atoms with van der Waals surface area (Å²) >= 11 is 0. The molecule has 0 nitrogen and oxygen atoms in total. The van der Waals surface area contributed by atoms with Gasteiger partial charge >= 0.3 is 0 Å². The molecule has 0 aliphatic heterocycles. The van der Waals surface area contributed by atoms with Crippen LogP contribution >= 0.6 is 9.24 Å². The molecule has 146 valence electrons. The largest absolute Gasteiger partial charge is 0.131 e. The number of unbranched alkanes of at least 4 members (excludes halogenated alkanes) is 13. The summed E-state index contributed by atoms with van der Waals surface area (Å²) in [7, 11) is 3.32. The molecule has 1 unspecified atom stereocenters. The summed E-state index contributed by atoms with van der Waals surface area (Å²) in [6.07, 6.45) is 27.3. The number of hydrogen-bond donors (Lipinski definition) is 0. The molecule has 0 aliphatic carbocycles. The highest BCUT2D eigenvalue weighted by Gasteiger charge is 2.22. The predicted molar refractivity (Wildman–Crippen MR) is 117 cm³/mol. The lowest BCUT2D eigenvalue weighted by Gasteiger charge is -2.30. The van der Waals surface area contributed by atoms with Crippen LogP contribution < -0.4 is 0 Å². The summed E-state index contributed by atoms with van der Waals surface area (Å²) in [4.78, 5) is 0. The zero-order valence-electron chi connectivity index (χ0n) is 17.5. The van der Waals surface area contributed by atoms with Crippen molar-refractivity contribution >= 4 is 9.24 Å². The van der Waals surface area contributed by atoms with Crippen LogP contribution in [0, 0.1) is 0 Å². The van der Waals surface area contributed by atoms with Gasteiger partial charge in [-0.1, -0.05) is 124 Å². The number of rotatable bonds is 19. The fourth-order valence-corrected chi connectivity index (χ4v) is 4.41. The van der Waals surface area contributed by atoms with Gasteiger partial charge in [-0.3, -0.25) is 0 Å². The molecule has 24 heavy (non-hydrogen) atoms. The Morgan fingerprint density at radius 3 is 1.00 bits per heavy atom. The summed E-state index contributed by atoms with van der Waals surface area (Å²) in [6.45, 7) is 6.94. The van der Waals surface area contributed by atoms with Crippen molar-refractivity contribution in [3.05, 3.63) is 0 Å². The molecule has 0 bridgehead atoms. The molecule has 0 spiro atoms. The molecule has 0 radical (unpaired) electrons. The molecule has 0 aromatic heterocycles. The Bertz CT molecular complexity index is 220. The molecule has 0 amide bonds. The maximum Gasteiger partial charge on any atom is -0.0150 e. The van der Waals surface area contributed by atoms with Crippen LogP contribution in [0.4, 0.5) is 0 Å². The minimum Gasteiger partial charge on any atom is -0.131 e. The smallest absolute Gasteiger partial charge is 0.0150 e. The SMILES string of the molecule is CCCCCCCCC(P)(CCCCCC)CCCCCCCC. The van der Waals surface area contributed by atoms with Gasteiger partial charge in [0.2, 0.25) is 0 Å². The molecule has 1 atom stereocenters. The third-order valence-electron chi connectivity index (χ3n) is 5.58. The summed E-state index contributed by atoms with van der Waals surface area (Å²) in [5.74, 6) is 0. The van der Waals surface area contributed by atoms with Gasteiger partial charge in [0, 0.05) is 0 Å². The van der Waals surface area contributed by atoms with Crippen LogP contribution in [0.1, 0.15) is 143 Å². The third kappa shape index (κ3) is 15.9.